The number of rotatable bonds is 4. The van der Waals surface area contributed by atoms with E-state index in [9.17, 15) is 0 Å². The molecule has 0 radical (unpaired) electrons. The van der Waals surface area contributed by atoms with Crippen molar-refractivity contribution >= 4 is 34.9 Å². The van der Waals surface area contributed by atoms with Crippen LogP contribution in [-0.4, -0.2) is 47.3 Å². The van der Waals surface area contributed by atoms with Crippen LogP contribution in [0.1, 0.15) is 64.7 Å². The monoisotopic (exact) mass is 402 g/mol. The fourth-order valence-electron chi connectivity index (χ4n) is 4.72. The summed E-state index contributed by atoms with van der Waals surface area (Å²) in [6.07, 6.45) is 11.3. The first-order valence-corrected chi connectivity index (χ1v) is 11.5. The highest BCUT2D eigenvalue weighted by molar-refractivity contribution is 7.80. The SMILES string of the molecule is C[C@H]1CCCN(c2cc(N3CCCC3)nc(NC(=S)NC3CCCCC3)n2)C1. The van der Waals surface area contributed by atoms with Crippen molar-refractivity contribution in [2.45, 2.75) is 70.8 Å². The summed E-state index contributed by atoms with van der Waals surface area (Å²) in [6, 6.07) is 2.66. The highest BCUT2D eigenvalue weighted by atomic mass is 32.1. The molecule has 0 spiro atoms. The van der Waals surface area contributed by atoms with Crippen LogP contribution in [0.4, 0.5) is 17.6 Å². The van der Waals surface area contributed by atoms with Crippen LogP contribution in [-0.2, 0) is 0 Å². The van der Waals surface area contributed by atoms with E-state index in [0.29, 0.717) is 23.0 Å². The second-order valence-corrected chi connectivity index (χ2v) is 9.14. The topological polar surface area (TPSA) is 56.3 Å². The Kier molecular flexibility index (Phi) is 6.50. The Morgan fingerprint density at radius 1 is 0.929 bits per heavy atom. The number of thiocarbonyl (C=S) groups is 1. The summed E-state index contributed by atoms with van der Waals surface area (Å²) < 4.78 is 0. The van der Waals surface area contributed by atoms with Crippen LogP contribution in [0.5, 0.6) is 0 Å². The second-order valence-electron chi connectivity index (χ2n) is 8.73. The fraction of sp³-hybridized carbons (Fsp3) is 0.762. The molecule has 3 fully saturated rings. The van der Waals surface area contributed by atoms with Crippen LogP contribution in [0, 0.1) is 5.92 Å². The summed E-state index contributed by atoms with van der Waals surface area (Å²) in [6.45, 7) is 6.64. The number of anilines is 3. The summed E-state index contributed by atoms with van der Waals surface area (Å²) in [5.41, 5.74) is 0. The van der Waals surface area contributed by atoms with Crippen molar-refractivity contribution in [3.8, 4) is 0 Å². The molecule has 2 aliphatic heterocycles. The number of hydrogen-bond donors (Lipinski definition) is 2. The molecule has 1 atom stereocenters. The molecule has 1 saturated carbocycles. The van der Waals surface area contributed by atoms with Crippen LogP contribution in [0.15, 0.2) is 6.07 Å². The first-order valence-electron chi connectivity index (χ1n) is 11.1. The maximum absolute atomic E-state index is 5.58. The van der Waals surface area contributed by atoms with E-state index in [1.165, 1.54) is 57.8 Å². The molecule has 154 valence electrons. The molecule has 3 aliphatic rings. The van der Waals surface area contributed by atoms with Gasteiger partial charge in [-0.15, -0.1) is 0 Å². The van der Waals surface area contributed by atoms with E-state index in [1.54, 1.807) is 0 Å². The van der Waals surface area contributed by atoms with Crippen LogP contribution >= 0.6 is 12.2 Å². The van der Waals surface area contributed by atoms with E-state index in [4.69, 9.17) is 22.2 Å². The smallest absolute Gasteiger partial charge is 0.232 e. The molecule has 28 heavy (non-hydrogen) atoms. The standard InChI is InChI=1S/C21H34N6S/c1-16-8-7-13-27(15-16)19-14-18(26-11-5-6-12-26)23-20(24-19)25-21(28)22-17-9-3-2-4-10-17/h14,16-17H,2-13,15H2,1H3,(H2,22,23,24,25,28)/t16-/m0/s1. The summed E-state index contributed by atoms with van der Waals surface area (Å²) in [5.74, 6) is 3.41. The summed E-state index contributed by atoms with van der Waals surface area (Å²) in [4.78, 5) is 14.4. The molecule has 0 bridgehead atoms. The minimum absolute atomic E-state index is 0.484. The molecule has 1 aromatic rings. The molecule has 4 rings (SSSR count). The van der Waals surface area contributed by atoms with Crippen LogP contribution in [0.2, 0.25) is 0 Å². The molecular formula is C21H34N6S. The lowest BCUT2D eigenvalue weighted by molar-refractivity contribution is 0.414. The highest BCUT2D eigenvalue weighted by Crippen LogP contribution is 2.27. The minimum atomic E-state index is 0.484. The van der Waals surface area contributed by atoms with Gasteiger partial charge in [-0.25, -0.2) is 0 Å². The predicted octanol–water partition coefficient (Wildman–Crippen LogP) is 3.93. The van der Waals surface area contributed by atoms with Gasteiger partial charge in [0.2, 0.25) is 5.95 Å². The number of hydrogen-bond acceptors (Lipinski definition) is 5. The van der Waals surface area contributed by atoms with Crippen molar-refractivity contribution < 1.29 is 0 Å². The van der Waals surface area contributed by atoms with Crippen molar-refractivity contribution in [2.24, 2.45) is 5.92 Å². The van der Waals surface area contributed by atoms with Gasteiger partial charge in [0.15, 0.2) is 5.11 Å². The van der Waals surface area contributed by atoms with Gasteiger partial charge < -0.3 is 20.4 Å². The molecule has 0 unspecified atom stereocenters. The van der Waals surface area contributed by atoms with E-state index in [-0.39, 0.29) is 0 Å². The summed E-state index contributed by atoms with van der Waals surface area (Å²) in [7, 11) is 0. The van der Waals surface area contributed by atoms with E-state index in [0.717, 1.165) is 37.8 Å². The Bertz CT molecular complexity index is 669. The van der Waals surface area contributed by atoms with Crippen molar-refractivity contribution in [1.82, 2.24) is 15.3 Å². The van der Waals surface area contributed by atoms with Crippen molar-refractivity contribution in [3.63, 3.8) is 0 Å². The van der Waals surface area contributed by atoms with Gasteiger partial charge in [-0.2, -0.15) is 9.97 Å². The number of aromatic nitrogens is 2. The highest BCUT2D eigenvalue weighted by Gasteiger charge is 2.22. The average Bonchev–Trinajstić information content (AvgIpc) is 3.23. The lowest BCUT2D eigenvalue weighted by atomic mass is 9.96. The molecule has 3 heterocycles. The number of nitrogens with zero attached hydrogens (tertiary/aromatic N) is 4. The van der Waals surface area contributed by atoms with Gasteiger partial charge in [0.1, 0.15) is 11.6 Å². The first-order chi connectivity index (χ1) is 13.7. The van der Waals surface area contributed by atoms with Gasteiger partial charge in [-0.05, 0) is 56.7 Å². The molecule has 7 heteroatoms. The molecule has 2 saturated heterocycles. The molecule has 1 aromatic heterocycles. The van der Waals surface area contributed by atoms with Gasteiger partial charge in [0, 0.05) is 38.3 Å². The van der Waals surface area contributed by atoms with Gasteiger partial charge >= 0.3 is 0 Å². The molecule has 0 aromatic carbocycles. The van der Waals surface area contributed by atoms with Crippen LogP contribution < -0.4 is 20.4 Å². The molecular weight excluding hydrogens is 368 g/mol. The maximum atomic E-state index is 5.58. The molecule has 6 nitrogen and oxygen atoms in total. The number of piperidine rings is 1. The third-order valence-corrected chi connectivity index (χ3v) is 6.50. The maximum Gasteiger partial charge on any atom is 0.232 e. The summed E-state index contributed by atoms with van der Waals surface area (Å²) >= 11 is 5.58. The normalized spacial score (nSPS) is 23.7. The zero-order chi connectivity index (χ0) is 19.3. The Balaban J connectivity index is 1.50. The Hall–Kier alpha value is -1.63. The minimum Gasteiger partial charge on any atom is -0.360 e. The Morgan fingerprint density at radius 2 is 1.61 bits per heavy atom. The summed E-state index contributed by atoms with van der Waals surface area (Å²) in [5, 5.41) is 7.42. The van der Waals surface area contributed by atoms with Crippen molar-refractivity contribution in [3.05, 3.63) is 6.07 Å². The van der Waals surface area contributed by atoms with E-state index < -0.39 is 0 Å². The zero-order valence-corrected chi connectivity index (χ0v) is 17.9. The zero-order valence-electron chi connectivity index (χ0n) is 17.1. The van der Waals surface area contributed by atoms with E-state index in [1.807, 2.05) is 0 Å². The van der Waals surface area contributed by atoms with Gasteiger partial charge in [0.25, 0.3) is 0 Å². The predicted molar refractivity (Wildman–Crippen MR) is 120 cm³/mol. The van der Waals surface area contributed by atoms with Crippen molar-refractivity contribution in [2.75, 3.05) is 41.3 Å². The molecule has 0 amide bonds. The average molecular weight is 403 g/mol. The molecule has 2 N–H and O–H groups in total. The number of nitrogens with one attached hydrogen (secondary N) is 2. The third-order valence-electron chi connectivity index (χ3n) is 6.28. The van der Waals surface area contributed by atoms with Gasteiger partial charge in [-0.3, -0.25) is 0 Å². The second kappa shape index (κ2) is 9.25. The quantitative estimate of drug-likeness (QED) is 0.740. The van der Waals surface area contributed by atoms with Crippen LogP contribution in [0.25, 0.3) is 0 Å². The van der Waals surface area contributed by atoms with Crippen LogP contribution in [0.3, 0.4) is 0 Å². The Morgan fingerprint density at radius 3 is 2.32 bits per heavy atom. The first kappa shape index (κ1) is 19.7. The Labute approximate surface area is 174 Å². The lowest BCUT2D eigenvalue weighted by Gasteiger charge is -2.32. The van der Waals surface area contributed by atoms with Gasteiger partial charge in [0.05, 0.1) is 0 Å². The van der Waals surface area contributed by atoms with Gasteiger partial charge in [-0.1, -0.05) is 26.2 Å². The van der Waals surface area contributed by atoms with E-state index in [2.05, 4.69) is 33.4 Å². The van der Waals surface area contributed by atoms with Crippen molar-refractivity contribution in [1.29, 1.82) is 0 Å². The largest absolute Gasteiger partial charge is 0.360 e. The fourth-order valence-corrected chi connectivity index (χ4v) is 4.97. The molecule has 1 aliphatic carbocycles. The van der Waals surface area contributed by atoms with E-state index >= 15 is 0 Å². The third kappa shape index (κ3) is 5.04. The lowest BCUT2D eigenvalue weighted by Crippen LogP contribution is -2.39.